The molecule has 1 unspecified atom stereocenters. The van der Waals surface area contributed by atoms with Crippen molar-refractivity contribution in [3.63, 3.8) is 0 Å². The van der Waals surface area contributed by atoms with Crippen LogP contribution in [0.5, 0.6) is 0 Å². The summed E-state index contributed by atoms with van der Waals surface area (Å²) in [6, 6.07) is 7.57. The van der Waals surface area contributed by atoms with E-state index in [1.165, 1.54) is 11.3 Å². The number of benzene rings is 1. The van der Waals surface area contributed by atoms with E-state index in [0.717, 1.165) is 11.3 Å². The second-order valence-corrected chi connectivity index (χ2v) is 9.77. The molecule has 7 nitrogen and oxygen atoms in total. The predicted octanol–water partition coefficient (Wildman–Crippen LogP) is 4.55. The molecule has 0 fully saturated rings. The number of carboxylic acids is 1. The van der Waals surface area contributed by atoms with E-state index in [2.05, 4.69) is 4.98 Å². The number of rotatable bonds is 6. The van der Waals surface area contributed by atoms with Crippen molar-refractivity contribution in [2.75, 3.05) is 4.90 Å². The molecule has 1 atom stereocenters. The van der Waals surface area contributed by atoms with E-state index in [9.17, 15) is 19.5 Å². The normalized spacial score (nSPS) is 16.6. The van der Waals surface area contributed by atoms with Gasteiger partial charge in [-0.2, -0.15) is 0 Å². The van der Waals surface area contributed by atoms with Crippen LogP contribution < -0.4 is 4.90 Å². The van der Waals surface area contributed by atoms with E-state index in [4.69, 9.17) is 4.74 Å². The molecule has 1 aliphatic heterocycles. The number of carboxylic acid groups (broad SMARTS) is 1. The maximum atomic E-state index is 13.0. The van der Waals surface area contributed by atoms with Crippen LogP contribution >= 0.6 is 11.3 Å². The molecule has 0 saturated carbocycles. The van der Waals surface area contributed by atoms with E-state index < -0.39 is 11.6 Å². The van der Waals surface area contributed by atoms with E-state index >= 15 is 0 Å². The molecular weight excluding hydrogens is 416 g/mol. The Morgan fingerprint density at radius 2 is 2.00 bits per heavy atom. The van der Waals surface area contributed by atoms with Gasteiger partial charge in [0.05, 0.1) is 13.0 Å². The molecule has 166 valence electrons. The molecule has 1 amide bonds. The number of ether oxygens (including phenoxy) is 1. The number of aromatic nitrogens is 1. The van der Waals surface area contributed by atoms with Gasteiger partial charge in [0.25, 0.3) is 0 Å². The van der Waals surface area contributed by atoms with Gasteiger partial charge < -0.3 is 14.7 Å². The maximum absolute atomic E-state index is 13.0. The maximum Gasteiger partial charge on any atom is 0.355 e. The van der Waals surface area contributed by atoms with Crippen LogP contribution in [0.2, 0.25) is 0 Å². The van der Waals surface area contributed by atoms with Crippen LogP contribution in [-0.2, 0) is 27.3 Å². The van der Waals surface area contributed by atoms with Crippen molar-refractivity contribution < 1.29 is 24.2 Å². The van der Waals surface area contributed by atoms with Gasteiger partial charge in [-0.3, -0.25) is 9.59 Å². The second kappa shape index (κ2) is 9.18. The first-order chi connectivity index (χ1) is 14.6. The van der Waals surface area contributed by atoms with Crippen molar-refractivity contribution in [2.45, 2.75) is 71.4 Å². The van der Waals surface area contributed by atoms with E-state index in [1.54, 1.807) is 4.90 Å². The molecule has 0 bridgehead atoms. The summed E-state index contributed by atoms with van der Waals surface area (Å²) < 4.78 is 5.49. The number of thiazole rings is 1. The van der Waals surface area contributed by atoms with Crippen LogP contribution in [0.4, 0.5) is 5.69 Å². The molecule has 0 saturated heterocycles. The van der Waals surface area contributed by atoms with Crippen molar-refractivity contribution in [2.24, 2.45) is 0 Å². The first-order valence-corrected chi connectivity index (χ1v) is 11.2. The number of aromatic carboxylic acids is 1. The Morgan fingerprint density at radius 1 is 1.29 bits per heavy atom. The second-order valence-electron chi connectivity index (χ2n) is 8.60. The number of carbonyl (C=O) groups excluding carboxylic acids is 2. The molecule has 2 aromatic rings. The number of amides is 1. The lowest BCUT2D eigenvalue weighted by atomic mass is 9.91. The quantitative estimate of drug-likeness (QED) is 0.657. The summed E-state index contributed by atoms with van der Waals surface area (Å²) >= 11 is 1.32. The van der Waals surface area contributed by atoms with Crippen LogP contribution in [0.3, 0.4) is 0 Å². The standard InChI is InChI=1S/C23H28N2O5S/c1-5-17-21(22(28)29)24-18(31-17)13-25-16-9-7-6-8-15(16)14(10-11-19(25)26)12-20(27)30-23(2,3)4/h6-9,14H,5,10-13H2,1-4H3,(H,28,29). The van der Waals surface area contributed by atoms with Gasteiger partial charge in [-0.1, -0.05) is 25.1 Å². The average Bonchev–Trinajstić information content (AvgIpc) is 3.06. The number of nitrogens with zero attached hydrogens (tertiary/aromatic N) is 2. The van der Waals surface area contributed by atoms with Crippen LogP contribution in [-0.4, -0.2) is 33.5 Å². The molecule has 2 heterocycles. The fourth-order valence-corrected chi connectivity index (χ4v) is 4.77. The third-order valence-corrected chi connectivity index (χ3v) is 6.25. The minimum absolute atomic E-state index is 0.0564. The highest BCUT2D eigenvalue weighted by atomic mass is 32.1. The molecule has 1 aliphatic rings. The topological polar surface area (TPSA) is 96.8 Å². The minimum atomic E-state index is -1.06. The van der Waals surface area contributed by atoms with Crippen molar-refractivity contribution in [3.8, 4) is 0 Å². The van der Waals surface area contributed by atoms with Crippen LogP contribution in [0.15, 0.2) is 24.3 Å². The van der Waals surface area contributed by atoms with Crippen LogP contribution in [0.25, 0.3) is 0 Å². The fraction of sp³-hybridized carbons (Fsp3) is 0.478. The van der Waals surface area contributed by atoms with Gasteiger partial charge in [0.15, 0.2) is 5.69 Å². The molecule has 3 rings (SSSR count). The first kappa shape index (κ1) is 22.9. The Kier molecular flexibility index (Phi) is 6.79. The number of anilines is 1. The number of carbonyl (C=O) groups is 3. The van der Waals surface area contributed by atoms with Gasteiger partial charge in [-0.05, 0) is 51.2 Å². The lowest BCUT2D eigenvalue weighted by molar-refractivity contribution is -0.155. The zero-order valence-electron chi connectivity index (χ0n) is 18.3. The highest BCUT2D eigenvalue weighted by Crippen LogP contribution is 2.38. The SMILES string of the molecule is CCc1sc(CN2C(=O)CCC(CC(=O)OC(C)(C)C)c3ccccc32)nc1C(=O)O. The van der Waals surface area contributed by atoms with Gasteiger partial charge in [0.2, 0.25) is 5.91 Å². The summed E-state index contributed by atoms with van der Waals surface area (Å²) in [4.78, 5) is 43.6. The third-order valence-electron chi connectivity index (χ3n) is 5.07. The molecule has 1 aromatic heterocycles. The van der Waals surface area contributed by atoms with Gasteiger partial charge in [0.1, 0.15) is 10.6 Å². The molecule has 8 heteroatoms. The number of esters is 1. The number of hydrogen-bond donors (Lipinski definition) is 1. The number of aryl methyl sites for hydroxylation is 1. The molecule has 1 aromatic carbocycles. The van der Waals surface area contributed by atoms with Crippen molar-refractivity contribution in [1.29, 1.82) is 0 Å². The zero-order chi connectivity index (χ0) is 22.8. The smallest absolute Gasteiger partial charge is 0.355 e. The van der Waals surface area contributed by atoms with Crippen LogP contribution in [0.1, 0.15) is 78.8 Å². The highest BCUT2D eigenvalue weighted by Gasteiger charge is 2.31. The van der Waals surface area contributed by atoms with Crippen LogP contribution in [0, 0.1) is 0 Å². The third kappa shape index (κ3) is 5.50. The number of para-hydroxylation sites is 1. The largest absolute Gasteiger partial charge is 0.476 e. The minimum Gasteiger partial charge on any atom is -0.476 e. The Bertz CT molecular complexity index is 992. The Balaban J connectivity index is 1.90. The summed E-state index contributed by atoms with van der Waals surface area (Å²) in [5.74, 6) is -1.53. The molecule has 0 radical (unpaired) electrons. The van der Waals surface area contributed by atoms with Gasteiger partial charge in [0, 0.05) is 17.0 Å². The van der Waals surface area contributed by atoms with Gasteiger partial charge in [-0.25, -0.2) is 9.78 Å². The average molecular weight is 445 g/mol. The highest BCUT2D eigenvalue weighted by molar-refractivity contribution is 7.11. The molecular formula is C23H28N2O5S. The van der Waals surface area contributed by atoms with E-state index in [1.807, 2.05) is 52.0 Å². The summed E-state index contributed by atoms with van der Waals surface area (Å²) in [5.41, 5.74) is 1.15. The Hall–Kier alpha value is -2.74. The summed E-state index contributed by atoms with van der Waals surface area (Å²) in [6.07, 6.45) is 1.61. The van der Waals surface area contributed by atoms with Crippen molar-refractivity contribution in [3.05, 3.63) is 45.4 Å². The number of fused-ring (bicyclic) bond motifs is 1. The number of hydrogen-bond acceptors (Lipinski definition) is 6. The lowest BCUT2D eigenvalue weighted by Crippen LogP contribution is -2.29. The first-order valence-electron chi connectivity index (χ1n) is 10.4. The fourth-order valence-electron chi connectivity index (χ4n) is 3.78. The monoisotopic (exact) mass is 444 g/mol. The van der Waals surface area contributed by atoms with Gasteiger partial charge in [-0.15, -0.1) is 11.3 Å². The zero-order valence-corrected chi connectivity index (χ0v) is 19.1. The lowest BCUT2D eigenvalue weighted by Gasteiger charge is -2.24. The van der Waals surface area contributed by atoms with Crippen molar-refractivity contribution >= 4 is 34.9 Å². The summed E-state index contributed by atoms with van der Waals surface area (Å²) in [5, 5.41) is 9.98. The molecule has 0 spiro atoms. The Morgan fingerprint density at radius 3 is 2.61 bits per heavy atom. The molecule has 0 aliphatic carbocycles. The summed E-state index contributed by atoms with van der Waals surface area (Å²) in [7, 11) is 0. The van der Waals surface area contributed by atoms with E-state index in [-0.39, 0.29) is 36.5 Å². The molecule has 1 N–H and O–H groups in total. The Labute approximate surface area is 186 Å². The van der Waals surface area contributed by atoms with Gasteiger partial charge >= 0.3 is 11.9 Å². The molecule has 31 heavy (non-hydrogen) atoms. The summed E-state index contributed by atoms with van der Waals surface area (Å²) in [6.45, 7) is 7.60. The van der Waals surface area contributed by atoms with E-state index in [0.29, 0.717) is 29.1 Å². The van der Waals surface area contributed by atoms with Crippen molar-refractivity contribution in [1.82, 2.24) is 4.98 Å². The predicted molar refractivity (Wildman–Crippen MR) is 119 cm³/mol.